The maximum absolute atomic E-state index is 12.1. The second kappa shape index (κ2) is 5.52. The van der Waals surface area contributed by atoms with Gasteiger partial charge in [-0.2, -0.15) is 0 Å². The number of hydrogen-bond donors (Lipinski definition) is 2. The highest BCUT2D eigenvalue weighted by Gasteiger charge is 2.29. The fraction of sp³-hybridized carbons (Fsp3) is 0.333. The highest BCUT2D eigenvalue weighted by atomic mass is 79.9. The van der Waals surface area contributed by atoms with Crippen molar-refractivity contribution in [1.82, 2.24) is 9.88 Å². The van der Waals surface area contributed by atoms with Crippen LogP contribution in [0.4, 0.5) is 0 Å². The van der Waals surface area contributed by atoms with Crippen molar-refractivity contribution in [2.24, 2.45) is 0 Å². The summed E-state index contributed by atoms with van der Waals surface area (Å²) >= 11 is 3.53. The number of nitrogens with one attached hydrogen (secondary N) is 1. The van der Waals surface area contributed by atoms with Gasteiger partial charge in [0, 0.05) is 21.1 Å². The third-order valence-electron chi connectivity index (χ3n) is 3.44. The number of rotatable bonds is 4. The van der Waals surface area contributed by atoms with Crippen LogP contribution in [-0.4, -0.2) is 27.1 Å². The van der Waals surface area contributed by atoms with Gasteiger partial charge in [-0.1, -0.05) is 18.2 Å². The normalized spacial score (nSPS) is 11.6. The first-order chi connectivity index (χ1) is 9.74. The zero-order valence-corrected chi connectivity index (χ0v) is 13.7. The van der Waals surface area contributed by atoms with Gasteiger partial charge < -0.3 is 15.0 Å². The minimum Gasteiger partial charge on any atom is -0.480 e. The van der Waals surface area contributed by atoms with Crippen molar-refractivity contribution in [3.05, 3.63) is 34.4 Å². The van der Waals surface area contributed by atoms with Crippen LogP contribution in [-0.2, 0) is 16.1 Å². The number of amides is 1. The lowest BCUT2D eigenvalue weighted by atomic mass is 10.1. The molecular formula is C15H17BrN2O3. The molecule has 1 aromatic carbocycles. The van der Waals surface area contributed by atoms with Gasteiger partial charge in [0.1, 0.15) is 12.1 Å². The van der Waals surface area contributed by atoms with E-state index in [1.807, 2.05) is 35.8 Å². The molecule has 0 saturated heterocycles. The fourth-order valence-corrected chi connectivity index (χ4v) is 2.73. The Balaban J connectivity index is 2.30. The lowest BCUT2D eigenvalue weighted by molar-refractivity contribution is -0.146. The molecule has 0 bridgehead atoms. The van der Waals surface area contributed by atoms with E-state index in [-0.39, 0.29) is 12.5 Å². The van der Waals surface area contributed by atoms with Crippen molar-refractivity contribution < 1.29 is 14.7 Å². The molecule has 6 heteroatoms. The van der Waals surface area contributed by atoms with Gasteiger partial charge in [-0.25, -0.2) is 4.79 Å². The number of carbonyl (C=O) groups excluding carboxylic acids is 1. The average molecular weight is 353 g/mol. The molecule has 0 aliphatic rings. The topological polar surface area (TPSA) is 71.3 Å². The molecule has 0 spiro atoms. The summed E-state index contributed by atoms with van der Waals surface area (Å²) in [7, 11) is 0. The van der Waals surface area contributed by atoms with Crippen molar-refractivity contribution in [2.75, 3.05) is 0 Å². The highest BCUT2D eigenvalue weighted by molar-refractivity contribution is 9.10. The standard InChI is InChI=1S/C15H17BrN2O3/c1-9-13(16)10-6-4-5-7-11(10)18(9)8-12(19)17-15(2,3)14(20)21/h4-7H,8H2,1-3H3,(H,17,19)(H,20,21). The SMILES string of the molecule is Cc1c(Br)c2ccccc2n1CC(=O)NC(C)(C)C(=O)O. The zero-order chi connectivity index (χ0) is 15.8. The molecule has 112 valence electrons. The van der Waals surface area contributed by atoms with Gasteiger partial charge in [0.25, 0.3) is 0 Å². The summed E-state index contributed by atoms with van der Waals surface area (Å²) in [5.74, 6) is -1.40. The second-order valence-electron chi connectivity index (χ2n) is 5.48. The molecule has 0 radical (unpaired) electrons. The third kappa shape index (κ3) is 2.95. The molecule has 1 amide bonds. The molecule has 1 aromatic heterocycles. The molecule has 0 aliphatic heterocycles. The van der Waals surface area contributed by atoms with Crippen LogP contribution in [0.1, 0.15) is 19.5 Å². The summed E-state index contributed by atoms with van der Waals surface area (Å²) < 4.78 is 2.82. The smallest absolute Gasteiger partial charge is 0.328 e. The Morgan fingerprint density at radius 2 is 1.95 bits per heavy atom. The first kappa shape index (κ1) is 15.6. The molecule has 2 N–H and O–H groups in total. The summed E-state index contributed by atoms with van der Waals surface area (Å²) in [5, 5.41) is 12.6. The Kier molecular flexibility index (Phi) is 4.09. The predicted octanol–water partition coefficient (Wildman–Crippen LogP) is 2.69. The van der Waals surface area contributed by atoms with E-state index in [0.717, 1.165) is 21.1 Å². The lowest BCUT2D eigenvalue weighted by Crippen LogP contribution is -2.50. The molecule has 2 rings (SSSR count). The number of aliphatic carboxylic acids is 1. The number of carbonyl (C=O) groups is 2. The molecular weight excluding hydrogens is 336 g/mol. The fourth-order valence-electron chi connectivity index (χ4n) is 2.18. The first-order valence-electron chi connectivity index (χ1n) is 6.52. The molecule has 0 unspecified atom stereocenters. The summed E-state index contributed by atoms with van der Waals surface area (Å²) in [5.41, 5.74) is 0.579. The van der Waals surface area contributed by atoms with Crippen LogP contribution in [0.25, 0.3) is 10.9 Å². The number of carboxylic acid groups (broad SMARTS) is 1. The molecule has 5 nitrogen and oxygen atoms in total. The maximum Gasteiger partial charge on any atom is 0.328 e. The number of fused-ring (bicyclic) bond motifs is 1. The monoisotopic (exact) mass is 352 g/mol. The quantitative estimate of drug-likeness (QED) is 0.888. The molecule has 0 atom stereocenters. The zero-order valence-electron chi connectivity index (χ0n) is 12.1. The Labute approximate surface area is 131 Å². The van der Waals surface area contributed by atoms with Gasteiger partial charge in [0.05, 0.1) is 0 Å². The lowest BCUT2D eigenvalue weighted by Gasteiger charge is -2.21. The number of halogens is 1. The minimum atomic E-state index is -1.29. The summed E-state index contributed by atoms with van der Waals surface area (Å²) in [6, 6.07) is 7.75. The van der Waals surface area contributed by atoms with Crippen LogP contribution in [0.15, 0.2) is 28.7 Å². The Bertz CT molecular complexity index is 719. The number of carboxylic acids is 1. The van der Waals surface area contributed by atoms with Crippen molar-refractivity contribution in [1.29, 1.82) is 0 Å². The van der Waals surface area contributed by atoms with Crippen LogP contribution in [0.2, 0.25) is 0 Å². The number of benzene rings is 1. The van der Waals surface area contributed by atoms with E-state index in [1.165, 1.54) is 13.8 Å². The molecule has 1 heterocycles. The summed E-state index contributed by atoms with van der Waals surface area (Å²) in [4.78, 5) is 23.2. The van der Waals surface area contributed by atoms with E-state index < -0.39 is 11.5 Å². The summed E-state index contributed by atoms with van der Waals surface area (Å²) in [6.45, 7) is 4.92. The largest absolute Gasteiger partial charge is 0.480 e. The van der Waals surface area contributed by atoms with Crippen molar-refractivity contribution in [3.8, 4) is 0 Å². The maximum atomic E-state index is 12.1. The molecule has 21 heavy (non-hydrogen) atoms. The Hall–Kier alpha value is -1.82. The average Bonchev–Trinajstić information content (AvgIpc) is 2.64. The Morgan fingerprint density at radius 3 is 2.57 bits per heavy atom. The van der Waals surface area contributed by atoms with Crippen LogP contribution in [0, 0.1) is 6.92 Å². The Morgan fingerprint density at radius 1 is 1.33 bits per heavy atom. The molecule has 2 aromatic rings. The molecule has 0 saturated carbocycles. The number of aromatic nitrogens is 1. The summed E-state index contributed by atoms with van der Waals surface area (Å²) in [6.07, 6.45) is 0. The van der Waals surface area contributed by atoms with Crippen LogP contribution in [0.3, 0.4) is 0 Å². The van der Waals surface area contributed by atoms with E-state index >= 15 is 0 Å². The highest BCUT2D eigenvalue weighted by Crippen LogP contribution is 2.30. The van der Waals surface area contributed by atoms with Gasteiger partial charge in [-0.3, -0.25) is 4.79 Å². The van der Waals surface area contributed by atoms with Crippen molar-refractivity contribution in [2.45, 2.75) is 32.9 Å². The van der Waals surface area contributed by atoms with Gasteiger partial charge in [-0.15, -0.1) is 0 Å². The number of para-hydroxylation sites is 1. The van der Waals surface area contributed by atoms with Gasteiger partial charge in [0.2, 0.25) is 5.91 Å². The van der Waals surface area contributed by atoms with E-state index in [9.17, 15) is 9.59 Å². The van der Waals surface area contributed by atoms with Gasteiger partial charge in [-0.05, 0) is 42.8 Å². The third-order valence-corrected chi connectivity index (χ3v) is 4.44. The van der Waals surface area contributed by atoms with Gasteiger partial charge >= 0.3 is 5.97 Å². The molecule has 0 fully saturated rings. The second-order valence-corrected chi connectivity index (χ2v) is 6.27. The van der Waals surface area contributed by atoms with Crippen LogP contribution >= 0.6 is 15.9 Å². The van der Waals surface area contributed by atoms with Crippen molar-refractivity contribution >= 4 is 38.7 Å². The van der Waals surface area contributed by atoms with E-state index in [1.54, 1.807) is 0 Å². The van der Waals surface area contributed by atoms with Crippen molar-refractivity contribution in [3.63, 3.8) is 0 Å². The van der Waals surface area contributed by atoms with Crippen LogP contribution < -0.4 is 5.32 Å². The van der Waals surface area contributed by atoms with E-state index in [2.05, 4.69) is 21.2 Å². The molecule has 0 aliphatic carbocycles. The number of nitrogens with zero attached hydrogens (tertiary/aromatic N) is 1. The minimum absolute atomic E-state index is 0.0780. The first-order valence-corrected chi connectivity index (χ1v) is 7.31. The van der Waals surface area contributed by atoms with Crippen LogP contribution in [0.5, 0.6) is 0 Å². The van der Waals surface area contributed by atoms with E-state index in [4.69, 9.17) is 5.11 Å². The van der Waals surface area contributed by atoms with E-state index in [0.29, 0.717) is 0 Å². The van der Waals surface area contributed by atoms with Gasteiger partial charge in [0.15, 0.2) is 0 Å². The predicted molar refractivity (Wildman–Crippen MR) is 84.2 cm³/mol. The number of hydrogen-bond acceptors (Lipinski definition) is 2.